The molecule has 0 aliphatic rings. The van der Waals surface area contributed by atoms with Gasteiger partial charge in [0.25, 0.3) is 11.2 Å². The lowest BCUT2D eigenvalue weighted by molar-refractivity contribution is -0.384. The Hall–Kier alpha value is -2.72. The van der Waals surface area contributed by atoms with Crippen molar-refractivity contribution >= 4 is 55.9 Å². The molecular formula is C19H17BrN4O4S. The first-order valence-electron chi connectivity index (χ1n) is 8.68. The average Bonchev–Trinajstić information content (AvgIpc) is 2.68. The molecule has 3 aromatic rings. The van der Waals surface area contributed by atoms with E-state index in [1.165, 1.54) is 16.7 Å². The Kier molecular flexibility index (Phi) is 6.33. The lowest BCUT2D eigenvalue weighted by Gasteiger charge is -2.11. The first kappa shape index (κ1) is 21.0. The summed E-state index contributed by atoms with van der Waals surface area (Å²) in [5.41, 5.74) is 1.05. The maximum Gasteiger partial charge on any atom is 0.293 e. The number of nitrogens with zero attached hydrogens (tertiary/aromatic N) is 3. The van der Waals surface area contributed by atoms with Gasteiger partial charge in [-0.1, -0.05) is 33.8 Å². The zero-order chi connectivity index (χ0) is 21.1. The fourth-order valence-corrected chi connectivity index (χ4v) is 4.00. The second kappa shape index (κ2) is 8.75. The van der Waals surface area contributed by atoms with Crippen LogP contribution < -0.4 is 10.9 Å². The summed E-state index contributed by atoms with van der Waals surface area (Å²) in [5.74, 6) is -0.464. The molecule has 0 fully saturated rings. The van der Waals surface area contributed by atoms with Gasteiger partial charge in [-0.15, -0.1) is 0 Å². The molecule has 0 aliphatic carbocycles. The van der Waals surface area contributed by atoms with Gasteiger partial charge in [-0.3, -0.25) is 24.3 Å². The molecule has 0 saturated heterocycles. The lowest BCUT2D eigenvalue weighted by atomic mass is 10.2. The van der Waals surface area contributed by atoms with E-state index in [0.717, 1.165) is 21.8 Å². The maximum atomic E-state index is 12.7. The number of fused-ring (bicyclic) bond motifs is 1. The predicted molar refractivity (Wildman–Crippen MR) is 117 cm³/mol. The molecule has 10 heteroatoms. The number of hydrogen-bond acceptors (Lipinski definition) is 6. The van der Waals surface area contributed by atoms with Crippen LogP contribution in [0.4, 0.5) is 11.4 Å². The van der Waals surface area contributed by atoms with Gasteiger partial charge in [0.15, 0.2) is 5.16 Å². The van der Waals surface area contributed by atoms with Gasteiger partial charge in [0.1, 0.15) is 5.69 Å². The highest BCUT2D eigenvalue weighted by Crippen LogP contribution is 2.26. The first-order chi connectivity index (χ1) is 13.8. The summed E-state index contributed by atoms with van der Waals surface area (Å²) in [5, 5.41) is 14.7. The summed E-state index contributed by atoms with van der Waals surface area (Å²) < 4.78 is 2.28. The van der Waals surface area contributed by atoms with Crippen LogP contribution in [0.3, 0.4) is 0 Å². The highest BCUT2D eigenvalue weighted by atomic mass is 79.9. The van der Waals surface area contributed by atoms with Crippen LogP contribution in [-0.4, -0.2) is 26.1 Å². The molecule has 150 valence electrons. The molecule has 8 nitrogen and oxygen atoms in total. The number of rotatable bonds is 6. The van der Waals surface area contributed by atoms with Crippen LogP contribution in [-0.2, 0) is 11.3 Å². The van der Waals surface area contributed by atoms with Gasteiger partial charge >= 0.3 is 0 Å². The number of aromatic nitrogens is 2. The molecule has 0 aliphatic heterocycles. The number of halogens is 1. The van der Waals surface area contributed by atoms with Crippen molar-refractivity contribution < 1.29 is 9.72 Å². The zero-order valence-electron chi connectivity index (χ0n) is 15.6. The highest BCUT2D eigenvalue weighted by Gasteiger charge is 2.17. The Bertz CT molecular complexity index is 1180. The third-order valence-electron chi connectivity index (χ3n) is 4.15. The topological polar surface area (TPSA) is 107 Å². The summed E-state index contributed by atoms with van der Waals surface area (Å²) in [4.78, 5) is 40.3. The minimum absolute atomic E-state index is 0.0422. The van der Waals surface area contributed by atoms with E-state index >= 15 is 0 Å². The number of carbonyl (C=O) groups excluding carboxylic acids is 1. The van der Waals surface area contributed by atoms with Crippen molar-refractivity contribution in [2.45, 2.75) is 25.5 Å². The SMILES string of the molecule is CCn1c(SCC(=O)Nc2ccc(C)cc2[N+](=O)[O-])nc2ccc(Br)cc2c1=O. The Morgan fingerprint density at radius 3 is 2.76 bits per heavy atom. The van der Waals surface area contributed by atoms with Gasteiger partial charge in [-0.05, 0) is 43.7 Å². The summed E-state index contributed by atoms with van der Waals surface area (Å²) in [6, 6.07) is 9.84. The molecule has 0 spiro atoms. The molecular weight excluding hydrogens is 460 g/mol. The Balaban J connectivity index is 1.82. The second-order valence-electron chi connectivity index (χ2n) is 6.22. The molecule has 0 saturated carbocycles. The van der Waals surface area contributed by atoms with Crippen molar-refractivity contribution in [1.29, 1.82) is 0 Å². The van der Waals surface area contributed by atoms with Crippen LogP contribution in [0, 0.1) is 17.0 Å². The van der Waals surface area contributed by atoms with Crippen molar-refractivity contribution in [2.24, 2.45) is 0 Å². The van der Waals surface area contributed by atoms with Gasteiger partial charge in [0.2, 0.25) is 5.91 Å². The Labute approximate surface area is 178 Å². The van der Waals surface area contributed by atoms with Crippen LogP contribution in [0.25, 0.3) is 10.9 Å². The molecule has 2 aromatic carbocycles. The van der Waals surface area contributed by atoms with Crippen LogP contribution >= 0.6 is 27.7 Å². The van der Waals surface area contributed by atoms with Crippen LogP contribution in [0.5, 0.6) is 0 Å². The number of nitrogens with one attached hydrogen (secondary N) is 1. The van der Waals surface area contributed by atoms with E-state index < -0.39 is 10.8 Å². The minimum Gasteiger partial charge on any atom is -0.320 e. The Morgan fingerprint density at radius 2 is 2.07 bits per heavy atom. The van der Waals surface area contributed by atoms with Gasteiger partial charge in [-0.2, -0.15) is 0 Å². The fraction of sp³-hybridized carbons (Fsp3) is 0.211. The minimum atomic E-state index is -0.534. The molecule has 0 bridgehead atoms. The number of benzene rings is 2. The van der Waals surface area contributed by atoms with Crippen molar-refractivity contribution in [3.05, 3.63) is 66.9 Å². The molecule has 1 aromatic heterocycles. The summed E-state index contributed by atoms with van der Waals surface area (Å²) in [7, 11) is 0. The molecule has 29 heavy (non-hydrogen) atoms. The standard InChI is InChI=1S/C19H17BrN4O4S/c1-3-23-18(26)13-9-12(20)5-7-14(13)22-19(23)29-10-17(25)21-15-6-4-11(2)8-16(15)24(27)28/h4-9H,3,10H2,1-2H3,(H,21,25). The van der Waals surface area contributed by atoms with Crippen molar-refractivity contribution in [3.63, 3.8) is 0 Å². The van der Waals surface area contributed by atoms with Gasteiger partial charge < -0.3 is 5.32 Å². The molecule has 1 amide bonds. The van der Waals surface area contributed by atoms with Crippen molar-refractivity contribution in [1.82, 2.24) is 9.55 Å². The van der Waals surface area contributed by atoms with Crippen LogP contribution in [0.15, 0.2) is 50.8 Å². The second-order valence-corrected chi connectivity index (χ2v) is 8.08. The van der Waals surface area contributed by atoms with Gasteiger partial charge in [-0.25, -0.2) is 4.98 Å². The summed E-state index contributed by atoms with van der Waals surface area (Å²) in [6.45, 7) is 3.97. The molecule has 0 radical (unpaired) electrons. The van der Waals surface area contributed by atoms with E-state index in [1.54, 1.807) is 31.2 Å². The lowest BCUT2D eigenvalue weighted by Crippen LogP contribution is -2.23. The van der Waals surface area contributed by atoms with Gasteiger partial charge in [0.05, 0.1) is 21.6 Å². The van der Waals surface area contributed by atoms with Crippen molar-refractivity contribution in [3.8, 4) is 0 Å². The summed E-state index contributed by atoms with van der Waals surface area (Å²) >= 11 is 4.46. The van der Waals surface area contributed by atoms with E-state index in [1.807, 2.05) is 6.92 Å². The molecule has 3 rings (SSSR count). The highest BCUT2D eigenvalue weighted by molar-refractivity contribution is 9.10. The number of nitro groups is 1. The third-order valence-corrected chi connectivity index (χ3v) is 5.62. The van der Waals surface area contributed by atoms with E-state index in [0.29, 0.717) is 22.6 Å². The number of aryl methyl sites for hydroxylation is 1. The monoisotopic (exact) mass is 476 g/mol. The predicted octanol–water partition coefficient (Wildman–Crippen LogP) is 4.13. The van der Waals surface area contributed by atoms with E-state index in [9.17, 15) is 19.7 Å². The number of amides is 1. The average molecular weight is 477 g/mol. The molecule has 0 unspecified atom stereocenters. The van der Waals surface area contributed by atoms with E-state index in [4.69, 9.17) is 0 Å². The number of thioether (sulfide) groups is 1. The van der Waals surface area contributed by atoms with Gasteiger partial charge in [0, 0.05) is 17.1 Å². The number of hydrogen-bond donors (Lipinski definition) is 1. The number of carbonyl (C=O) groups is 1. The normalized spacial score (nSPS) is 10.9. The molecule has 1 N–H and O–H groups in total. The third kappa shape index (κ3) is 4.65. The Morgan fingerprint density at radius 1 is 1.31 bits per heavy atom. The van der Waals surface area contributed by atoms with E-state index in [-0.39, 0.29) is 22.7 Å². The smallest absolute Gasteiger partial charge is 0.293 e. The summed E-state index contributed by atoms with van der Waals surface area (Å²) in [6.07, 6.45) is 0. The fourth-order valence-electron chi connectivity index (χ4n) is 2.78. The first-order valence-corrected chi connectivity index (χ1v) is 10.5. The number of anilines is 1. The number of nitro benzene ring substituents is 1. The van der Waals surface area contributed by atoms with E-state index in [2.05, 4.69) is 26.2 Å². The molecule has 0 atom stereocenters. The quantitative estimate of drug-likeness (QED) is 0.248. The van der Waals surface area contributed by atoms with Crippen molar-refractivity contribution in [2.75, 3.05) is 11.1 Å². The zero-order valence-corrected chi connectivity index (χ0v) is 18.0. The molecule has 1 heterocycles. The maximum absolute atomic E-state index is 12.7. The van der Waals surface area contributed by atoms with Crippen LogP contribution in [0.1, 0.15) is 12.5 Å². The largest absolute Gasteiger partial charge is 0.320 e. The van der Waals surface area contributed by atoms with Crippen LogP contribution in [0.2, 0.25) is 0 Å².